The number of fused-ring (bicyclic) bond motifs is 2. The van der Waals surface area contributed by atoms with Crippen molar-refractivity contribution in [2.45, 2.75) is 64.3 Å². The fourth-order valence-corrected chi connectivity index (χ4v) is 4.14. The molecule has 0 aromatic carbocycles. The average Bonchev–Trinajstić information content (AvgIpc) is 3.13. The van der Waals surface area contributed by atoms with Crippen molar-refractivity contribution in [2.75, 3.05) is 17.2 Å². The minimum atomic E-state index is 0.601. The second-order valence-electron chi connectivity index (χ2n) is 7.13. The van der Waals surface area contributed by atoms with Crippen LogP contribution >= 0.6 is 0 Å². The Kier molecular flexibility index (Phi) is 3.27. The van der Waals surface area contributed by atoms with Crippen molar-refractivity contribution in [3.63, 3.8) is 0 Å². The molecule has 3 saturated carbocycles. The summed E-state index contributed by atoms with van der Waals surface area (Å²) in [5.74, 6) is 5.59. The topological polar surface area (TPSA) is 49.8 Å². The highest BCUT2D eigenvalue weighted by Crippen LogP contribution is 2.46. The zero-order chi connectivity index (χ0) is 14.4. The summed E-state index contributed by atoms with van der Waals surface area (Å²) in [6.07, 6.45) is 8.12. The first-order valence-electron chi connectivity index (χ1n) is 8.63. The molecular formula is C17H26N4. The van der Waals surface area contributed by atoms with Gasteiger partial charge in [0.15, 0.2) is 0 Å². The Labute approximate surface area is 127 Å². The molecule has 4 nitrogen and oxygen atoms in total. The van der Waals surface area contributed by atoms with E-state index in [1.54, 1.807) is 0 Å². The molecule has 4 heteroatoms. The Morgan fingerprint density at radius 1 is 1.05 bits per heavy atom. The molecule has 21 heavy (non-hydrogen) atoms. The third kappa shape index (κ3) is 2.49. The number of rotatable bonds is 5. The van der Waals surface area contributed by atoms with Crippen molar-refractivity contribution in [2.24, 2.45) is 11.8 Å². The summed E-state index contributed by atoms with van der Waals surface area (Å²) in [6.45, 7) is 5.18. The van der Waals surface area contributed by atoms with Crippen molar-refractivity contribution in [1.29, 1.82) is 0 Å². The van der Waals surface area contributed by atoms with Crippen molar-refractivity contribution >= 4 is 11.6 Å². The van der Waals surface area contributed by atoms with Crippen LogP contribution in [0, 0.1) is 18.8 Å². The summed E-state index contributed by atoms with van der Waals surface area (Å²) in [4.78, 5) is 9.61. The third-order valence-electron chi connectivity index (χ3n) is 5.51. The molecule has 3 fully saturated rings. The second-order valence-corrected chi connectivity index (χ2v) is 7.13. The molecule has 0 spiro atoms. The van der Waals surface area contributed by atoms with Gasteiger partial charge >= 0.3 is 0 Å². The van der Waals surface area contributed by atoms with Gasteiger partial charge in [0.25, 0.3) is 0 Å². The maximum absolute atomic E-state index is 4.86. The summed E-state index contributed by atoms with van der Waals surface area (Å²) in [7, 11) is 0. The SMILES string of the molecule is CCNc1nc(C2CC2)nc(NC2CC3CCC2C3)c1C. The maximum atomic E-state index is 4.86. The second kappa shape index (κ2) is 5.15. The first-order chi connectivity index (χ1) is 10.2. The van der Waals surface area contributed by atoms with Crippen LogP contribution in [0.4, 0.5) is 11.6 Å². The first-order valence-corrected chi connectivity index (χ1v) is 8.63. The number of nitrogens with one attached hydrogen (secondary N) is 2. The molecule has 3 unspecified atom stereocenters. The lowest BCUT2D eigenvalue weighted by molar-refractivity contribution is 0.438. The van der Waals surface area contributed by atoms with Crippen LogP contribution in [0.15, 0.2) is 0 Å². The molecule has 4 rings (SSSR count). The lowest BCUT2D eigenvalue weighted by atomic mass is 9.95. The Morgan fingerprint density at radius 2 is 1.86 bits per heavy atom. The van der Waals surface area contributed by atoms with Gasteiger partial charge in [-0.05, 0) is 57.8 Å². The first kappa shape index (κ1) is 13.4. The normalized spacial score (nSPS) is 30.7. The van der Waals surface area contributed by atoms with Crippen molar-refractivity contribution < 1.29 is 0 Å². The van der Waals surface area contributed by atoms with Gasteiger partial charge in [0, 0.05) is 24.1 Å². The van der Waals surface area contributed by atoms with Crippen LogP contribution in [0.25, 0.3) is 0 Å². The highest BCUT2D eigenvalue weighted by atomic mass is 15.1. The van der Waals surface area contributed by atoms with Crippen molar-refractivity contribution in [1.82, 2.24) is 9.97 Å². The van der Waals surface area contributed by atoms with E-state index >= 15 is 0 Å². The summed E-state index contributed by atoms with van der Waals surface area (Å²) < 4.78 is 0. The smallest absolute Gasteiger partial charge is 0.136 e. The predicted molar refractivity (Wildman–Crippen MR) is 85.8 cm³/mol. The molecule has 3 aliphatic rings. The number of anilines is 2. The largest absolute Gasteiger partial charge is 0.370 e. The quantitative estimate of drug-likeness (QED) is 0.866. The lowest BCUT2D eigenvalue weighted by Crippen LogP contribution is -2.27. The van der Waals surface area contributed by atoms with Gasteiger partial charge in [0.05, 0.1) is 0 Å². The van der Waals surface area contributed by atoms with Gasteiger partial charge in [0.2, 0.25) is 0 Å². The molecule has 114 valence electrons. The van der Waals surface area contributed by atoms with Crippen LogP contribution < -0.4 is 10.6 Å². The van der Waals surface area contributed by atoms with E-state index in [1.165, 1.54) is 44.1 Å². The molecule has 1 aromatic rings. The number of hydrogen-bond donors (Lipinski definition) is 2. The molecule has 0 saturated heterocycles. The van der Waals surface area contributed by atoms with E-state index in [1.807, 2.05) is 0 Å². The van der Waals surface area contributed by atoms with Gasteiger partial charge in [-0.1, -0.05) is 6.42 Å². The molecule has 0 aliphatic heterocycles. The molecule has 3 atom stereocenters. The van der Waals surface area contributed by atoms with Gasteiger partial charge in [-0.3, -0.25) is 0 Å². The Morgan fingerprint density at radius 3 is 2.48 bits per heavy atom. The Hall–Kier alpha value is -1.32. The van der Waals surface area contributed by atoms with Crippen molar-refractivity contribution in [3.05, 3.63) is 11.4 Å². The molecule has 0 amide bonds. The van der Waals surface area contributed by atoms with Crippen LogP contribution in [-0.4, -0.2) is 22.6 Å². The summed E-state index contributed by atoms with van der Waals surface area (Å²) in [6, 6.07) is 0.638. The van der Waals surface area contributed by atoms with E-state index in [4.69, 9.17) is 9.97 Å². The molecule has 3 aliphatic carbocycles. The average molecular weight is 286 g/mol. The zero-order valence-corrected chi connectivity index (χ0v) is 13.2. The highest BCUT2D eigenvalue weighted by Gasteiger charge is 2.40. The van der Waals surface area contributed by atoms with Gasteiger partial charge in [-0.2, -0.15) is 0 Å². The van der Waals surface area contributed by atoms with Crippen molar-refractivity contribution in [3.8, 4) is 0 Å². The lowest BCUT2D eigenvalue weighted by Gasteiger charge is -2.25. The van der Waals surface area contributed by atoms with E-state index in [0.29, 0.717) is 12.0 Å². The summed E-state index contributed by atoms with van der Waals surface area (Å²) in [5.41, 5.74) is 1.18. The number of hydrogen-bond acceptors (Lipinski definition) is 4. The van der Waals surface area contributed by atoms with E-state index in [9.17, 15) is 0 Å². The molecule has 2 bridgehead atoms. The molecule has 1 heterocycles. The zero-order valence-electron chi connectivity index (χ0n) is 13.2. The van der Waals surface area contributed by atoms with Crippen LogP contribution in [0.5, 0.6) is 0 Å². The molecule has 1 aromatic heterocycles. The number of aromatic nitrogens is 2. The Balaban J connectivity index is 1.60. The van der Waals surface area contributed by atoms with Gasteiger partial charge in [0.1, 0.15) is 17.5 Å². The Bertz CT molecular complexity index is 538. The predicted octanol–water partition coefficient (Wildman–Crippen LogP) is 3.69. The van der Waals surface area contributed by atoms with Gasteiger partial charge in [-0.15, -0.1) is 0 Å². The molecular weight excluding hydrogens is 260 g/mol. The van der Waals surface area contributed by atoms with Crippen LogP contribution in [0.2, 0.25) is 0 Å². The standard InChI is InChI=1S/C17H26N4/c1-3-18-15-10(2)16(21-17(20-15)12-6-7-12)19-14-9-11-4-5-13(14)8-11/h11-14H,3-9H2,1-2H3,(H2,18,19,20,21). The van der Waals surface area contributed by atoms with Crippen LogP contribution in [-0.2, 0) is 0 Å². The summed E-state index contributed by atoms with van der Waals surface area (Å²) in [5, 5.41) is 7.18. The van der Waals surface area contributed by atoms with E-state index in [2.05, 4.69) is 24.5 Å². The van der Waals surface area contributed by atoms with E-state index in [0.717, 1.165) is 35.8 Å². The fraction of sp³-hybridized carbons (Fsp3) is 0.765. The monoisotopic (exact) mass is 286 g/mol. The van der Waals surface area contributed by atoms with Crippen LogP contribution in [0.1, 0.15) is 62.8 Å². The van der Waals surface area contributed by atoms with E-state index in [-0.39, 0.29) is 0 Å². The third-order valence-corrected chi connectivity index (χ3v) is 5.51. The van der Waals surface area contributed by atoms with Gasteiger partial charge < -0.3 is 10.6 Å². The highest BCUT2D eigenvalue weighted by molar-refractivity contribution is 5.58. The minimum Gasteiger partial charge on any atom is -0.370 e. The summed E-state index contributed by atoms with van der Waals surface area (Å²) >= 11 is 0. The number of nitrogens with zero attached hydrogens (tertiary/aromatic N) is 2. The van der Waals surface area contributed by atoms with Crippen LogP contribution in [0.3, 0.4) is 0 Å². The van der Waals surface area contributed by atoms with Gasteiger partial charge in [-0.25, -0.2) is 9.97 Å². The molecule has 2 N–H and O–H groups in total. The fourth-order valence-electron chi connectivity index (χ4n) is 4.14. The maximum Gasteiger partial charge on any atom is 0.136 e. The minimum absolute atomic E-state index is 0.601. The molecule has 0 radical (unpaired) electrons. The van der Waals surface area contributed by atoms with E-state index < -0.39 is 0 Å².